The minimum Gasteiger partial charge on any atom is -0.378 e. The lowest BCUT2D eigenvalue weighted by Gasteiger charge is -2.29. The van der Waals surface area contributed by atoms with Crippen LogP contribution in [0.4, 0.5) is 5.69 Å². The number of carbonyl (C=O) groups is 1. The number of hydrogen-bond donors (Lipinski definition) is 1. The number of amides is 1. The van der Waals surface area contributed by atoms with Gasteiger partial charge >= 0.3 is 0 Å². The van der Waals surface area contributed by atoms with Crippen LogP contribution in [0.2, 0.25) is 0 Å². The van der Waals surface area contributed by atoms with E-state index >= 15 is 0 Å². The summed E-state index contributed by atoms with van der Waals surface area (Å²) in [6.45, 7) is 6.57. The Morgan fingerprint density at radius 3 is 2.72 bits per heavy atom. The normalized spacial score (nSPS) is 19.6. The SMILES string of the molecule is CCN(C(=O)C1COCCN1)c1ccc(C)cc1. The van der Waals surface area contributed by atoms with E-state index in [4.69, 9.17) is 4.74 Å². The summed E-state index contributed by atoms with van der Waals surface area (Å²) >= 11 is 0. The summed E-state index contributed by atoms with van der Waals surface area (Å²) in [7, 11) is 0. The smallest absolute Gasteiger partial charge is 0.246 e. The average molecular weight is 248 g/mol. The second-order valence-corrected chi connectivity index (χ2v) is 4.50. The number of rotatable bonds is 3. The van der Waals surface area contributed by atoms with Crippen LogP contribution < -0.4 is 10.2 Å². The first-order valence-corrected chi connectivity index (χ1v) is 6.41. The van der Waals surface area contributed by atoms with Gasteiger partial charge in [0.1, 0.15) is 6.04 Å². The number of nitrogens with zero attached hydrogens (tertiary/aromatic N) is 1. The second kappa shape index (κ2) is 5.98. The number of carbonyl (C=O) groups excluding carboxylic acids is 1. The predicted octanol–water partition coefficient (Wildman–Crippen LogP) is 1.34. The largest absolute Gasteiger partial charge is 0.378 e. The monoisotopic (exact) mass is 248 g/mol. The fourth-order valence-electron chi connectivity index (χ4n) is 2.10. The first-order chi connectivity index (χ1) is 8.72. The van der Waals surface area contributed by atoms with Gasteiger partial charge in [-0.2, -0.15) is 0 Å². The molecule has 1 aliphatic heterocycles. The van der Waals surface area contributed by atoms with Crippen molar-refractivity contribution in [3.05, 3.63) is 29.8 Å². The van der Waals surface area contributed by atoms with Gasteiger partial charge < -0.3 is 15.0 Å². The van der Waals surface area contributed by atoms with Crippen LogP contribution in [0.15, 0.2) is 24.3 Å². The maximum Gasteiger partial charge on any atom is 0.246 e. The Hall–Kier alpha value is -1.39. The Morgan fingerprint density at radius 1 is 1.44 bits per heavy atom. The molecule has 1 heterocycles. The Morgan fingerprint density at radius 2 is 2.17 bits per heavy atom. The number of aryl methyl sites for hydroxylation is 1. The molecule has 0 aromatic heterocycles. The van der Waals surface area contributed by atoms with Crippen LogP contribution in [-0.4, -0.2) is 38.3 Å². The van der Waals surface area contributed by atoms with E-state index in [0.29, 0.717) is 19.8 Å². The second-order valence-electron chi connectivity index (χ2n) is 4.50. The van der Waals surface area contributed by atoms with Gasteiger partial charge in [-0.15, -0.1) is 0 Å². The molecular formula is C14H20N2O2. The Balaban J connectivity index is 2.12. The molecule has 1 N–H and O–H groups in total. The number of anilines is 1. The molecule has 4 heteroatoms. The average Bonchev–Trinajstić information content (AvgIpc) is 2.42. The predicted molar refractivity (Wildman–Crippen MR) is 71.8 cm³/mol. The molecule has 1 unspecified atom stereocenters. The zero-order chi connectivity index (χ0) is 13.0. The minimum absolute atomic E-state index is 0.0843. The van der Waals surface area contributed by atoms with Gasteiger partial charge in [0.15, 0.2) is 0 Å². The first kappa shape index (κ1) is 13.1. The lowest BCUT2D eigenvalue weighted by Crippen LogP contribution is -2.52. The molecule has 1 aliphatic rings. The quantitative estimate of drug-likeness (QED) is 0.877. The molecule has 1 atom stereocenters. The van der Waals surface area contributed by atoms with Gasteiger partial charge in [0.25, 0.3) is 0 Å². The van der Waals surface area contributed by atoms with E-state index in [1.54, 1.807) is 4.90 Å². The van der Waals surface area contributed by atoms with E-state index < -0.39 is 0 Å². The van der Waals surface area contributed by atoms with Crippen LogP contribution in [0.3, 0.4) is 0 Å². The van der Waals surface area contributed by atoms with Crippen LogP contribution in [0.5, 0.6) is 0 Å². The highest BCUT2D eigenvalue weighted by molar-refractivity contribution is 5.97. The van der Waals surface area contributed by atoms with Crippen LogP contribution >= 0.6 is 0 Å². The summed E-state index contributed by atoms with van der Waals surface area (Å²) in [6, 6.07) is 7.80. The zero-order valence-corrected chi connectivity index (χ0v) is 11.0. The van der Waals surface area contributed by atoms with Crippen LogP contribution in [0, 0.1) is 6.92 Å². The van der Waals surface area contributed by atoms with Gasteiger partial charge in [0.05, 0.1) is 13.2 Å². The number of morpholine rings is 1. The molecule has 1 fully saturated rings. The van der Waals surface area contributed by atoms with Gasteiger partial charge in [-0.3, -0.25) is 4.79 Å². The van der Waals surface area contributed by atoms with Crippen molar-refractivity contribution in [3.63, 3.8) is 0 Å². The van der Waals surface area contributed by atoms with Gasteiger partial charge in [-0.1, -0.05) is 17.7 Å². The van der Waals surface area contributed by atoms with Crippen LogP contribution in [0.1, 0.15) is 12.5 Å². The molecular weight excluding hydrogens is 228 g/mol. The number of nitrogens with one attached hydrogen (secondary N) is 1. The standard InChI is InChI=1S/C14H20N2O2/c1-3-16(12-6-4-11(2)5-7-12)14(17)13-10-18-9-8-15-13/h4-7,13,15H,3,8-10H2,1-2H3. The van der Waals surface area contributed by atoms with Gasteiger partial charge in [0, 0.05) is 18.8 Å². The molecule has 2 rings (SSSR count). The Kier molecular flexibility index (Phi) is 4.33. The summed E-state index contributed by atoms with van der Waals surface area (Å²) in [4.78, 5) is 14.2. The maximum atomic E-state index is 12.4. The number of ether oxygens (including phenoxy) is 1. The van der Waals surface area contributed by atoms with Crippen molar-refractivity contribution in [1.29, 1.82) is 0 Å². The third-order valence-corrected chi connectivity index (χ3v) is 3.15. The van der Waals surface area contributed by atoms with Gasteiger partial charge in [0.2, 0.25) is 5.91 Å². The van der Waals surface area contributed by atoms with E-state index in [9.17, 15) is 4.79 Å². The molecule has 0 aliphatic carbocycles. The molecule has 4 nitrogen and oxygen atoms in total. The first-order valence-electron chi connectivity index (χ1n) is 6.41. The molecule has 0 spiro atoms. The highest BCUT2D eigenvalue weighted by Crippen LogP contribution is 2.16. The molecule has 98 valence electrons. The van der Waals surface area contributed by atoms with Crippen molar-refractivity contribution in [2.75, 3.05) is 31.2 Å². The molecule has 1 amide bonds. The van der Waals surface area contributed by atoms with Crippen molar-refractivity contribution < 1.29 is 9.53 Å². The number of benzene rings is 1. The van der Waals surface area contributed by atoms with Crippen molar-refractivity contribution in [3.8, 4) is 0 Å². The van der Waals surface area contributed by atoms with Crippen molar-refractivity contribution in [2.45, 2.75) is 19.9 Å². The van der Waals surface area contributed by atoms with Gasteiger partial charge in [-0.05, 0) is 26.0 Å². The molecule has 0 saturated carbocycles. The van der Waals surface area contributed by atoms with Crippen molar-refractivity contribution in [1.82, 2.24) is 5.32 Å². The van der Waals surface area contributed by atoms with Crippen LogP contribution in [-0.2, 0) is 9.53 Å². The Labute approximate surface area is 108 Å². The number of hydrogen-bond acceptors (Lipinski definition) is 3. The summed E-state index contributed by atoms with van der Waals surface area (Å²) in [5, 5.41) is 3.20. The number of likely N-dealkylation sites (N-methyl/N-ethyl adjacent to an activating group) is 1. The molecule has 1 saturated heterocycles. The van der Waals surface area contributed by atoms with E-state index in [0.717, 1.165) is 12.2 Å². The van der Waals surface area contributed by atoms with Crippen molar-refractivity contribution >= 4 is 11.6 Å². The lowest BCUT2D eigenvalue weighted by molar-refractivity contribution is -0.123. The van der Waals surface area contributed by atoms with Crippen molar-refractivity contribution in [2.24, 2.45) is 0 Å². The summed E-state index contributed by atoms with van der Waals surface area (Å²) in [6.07, 6.45) is 0. The van der Waals surface area contributed by atoms with E-state index in [1.807, 2.05) is 38.1 Å². The maximum absolute atomic E-state index is 12.4. The summed E-state index contributed by atoms with van der Waals surface area (Å²) < 4.78 is 5.34. The van der Waals surface area contributed by atoms with E-state index in [2.05, 4.69) is 5.32 Å². The third kappa shape index (κ3) is 2.89. The molecule has 1 aromatic rings. The molecule has 18 heavy (non-hydrogen) atoms. The lowest BCUT2D eigenvalue weighted by atomic mass is 10.2. The fraction of sp³-hybridized carbons (Fsp3) is 0.500. The van der Waals surface area contributed by atoms with E-state index in [-0.39, 0.29) is 11.9 Å². The molecule has 1 aromatic carbocycles. The fourth-order valence-corrected chi connectivity index (χ4v) is 2.10. The van der Waals surface area contributed by atoms with Gasteiger partial charge in [-0.25, -0.2) is 0 Å². The summed E-state index contributed by atoms with van der Waals surface area (Å²) in [5.74, 6) is 0.0843. The molecule has 0 radical (unpaired) electrons. The Bertz CT molecular complexity index is 397. The highest BCUT2D eigenvalue weighted by Gasteiger charge is 2.26. The van der Waals surface area contributed by atoms with Crippen LogP contribution in [0.25, 0.3) is 0 Å². The highest BCUT2D eigenvalue weighted by atomic mass is 16.5. The minimum atomic E-state index is -0.222. The zero-order valence-electron chi connectivity index (χ0n) is 11.0. The summed E-state index contributed by atoms with van der Waals surface area (Å²) in [5.41, 5.74) is 2.14. The topological polar surface area (TPSA) is 41.6 Å². The molecule has 0 bridgehead atoms. The van der Waals surface area contributed by atoms with E-state index in [1.165, 1.54) is 5.56 Å². The third-order valence-electron chi connectivity index (χ3n) is 3.15.